The molecule has 3 atom stereocenters. The first-order valence-electron chi connectivity index (χ1n) is 5.51. The SMILES string of the molecule is CC1CCOC1C(Cc1cc(Br)cs1)NN. The van der Waals surface area contributed by atoms with Gasteiger partial charge in [0.15, 0.2) is 0 Å². The lowest BCUT2D eigenvalue weighted by molar-refractivity contribution is 0.0613. The van der Waals surface area contributed by atoms with Gasteiger partial charge in [-0.25, -0.2) is 0 Å². The molecule has 90 valence electrons. The van der Waals surface area contributed by atoms with Gasteiger partial charge in [-0.05, 0) is 34.3 Å². The van der Waals surface area contributed by atoms with E-state index in [-0.39, 0.29) is 12.1 Å². The summed E-state index contributed by atoms with van der Waals surface area (Å²) in [6, 6.07) is 2.36. The molecule has 0 radical (unpaired) electrons. The minimum atomic E-state index is 0.211. The summed E-state index contributed by atoms with van der Waals surface area (Å²) in [4.78, 5) is 1.33. The Morgan fingerprint density at radius 1 is 1.75 bits per heavy atom. The van der Waals surface area contributed by atoms with Crippen molar-refractivity contribution in [3.8, 4) is 0 Å². The maximum absolute atomic E-state index is 5.75. The van der Waals surface area contributed by atoms with E-state index in [9.17, 15) is 0 Å². The van der Waals surface area contributed by atoms with E-state index in [1.165, 1.54) is 4.88 Å². The first-order valence-corrected chi connectivity index (χ1v) is 7.18. The second-order valence-corrected chi connectivity index (χ2v) is 6.22. The van der Waals surface area contributed by atoms with E-state index in [0.29, 0.717) is 5.92 Å². The van der Waals surface area contributed by atoms with Gasteiger partial charge in [0.25, 0.3) is 0 Å². The van der Waals surface area contributed by atoms with Crippen molar-refractivity contribution in [1.82, 2.24) is 5.43 Å². The summed E-state index contributed by atoms with van der Waals surface area (Å²) < 4.78 is 6.89. The van der Waals surface area contributed by atoms with Gasteiger partial charge in [0.2, 0.25) is 0 Å². The van der Waals surface area contributed by atoms with Crippen molar-refractivity contribution >= 4 is 27.3 Å². The van der Waals surface area contributed by atoms with Crippen LogP contribution in [-0.4, -0.2) is 18.8 Å². The van der Waals surface area contributed by atoms with Gasteiger partial charge in [0, 0.05) is 27.8 Å². The van der Waals surface area contributed by atoms with E-state index in [2.05, 4.69) is 39.7 Å². The van der Waals surface area contributed by atoms with E-state index in [0.717, 1.165) is 23.9 Å². The third-order valence-corrected chi connectivity index (χ3v) is 4.82. The molecule has 0 saturated carbocycles. The second-order valence-electron chi connectivity index (χ2n) is 4.31. The smallest absolute Gasteiger partial charge is 0.0771 e. The first kappa shape index (κ1) is 12.5. The van der Waals surface area contributed by atoms with Crippen LogP contribution in [0.1, 0.15) is 18.2 Å². The molecule has 5 heteroatoms. The molecule has 1 saturated heterocycles. The second kappa shape index (κ2) is 5.60. The summed E-state index contributed by atoms with van der Waals surface area (Å²) in [7, 11) is 0. The highest BCUT2D eigenvalue weighted by atomic mass is 79.9. The predicted octanol–water partition coefficient (Wildman–Crippen LogP) is 2.31. The largest absolute Gasteiger partial charge is 0.376 e. The molecule has 0 aromatic carbocycles. The number of thiophene rings is 1. The van der Waals surface area contributed by atoms with E-state index in [4.69, 9.17) is 10.6 Å². The molecule has 0 spiro atoms. The number of nitrogens with two attached hydrogens (primary N) is 1. The van der Waals surface area contributed by atoms with Crippen LogP contribution in [0.5, 0.6) is 0 Å². The minimum Gasteiger partial charge on any atom is -0.376 e. The molecule has 1 aromatic rings. The molecule has 2 heterocycles. The van der Waals surface area contributed by atoms with Crippen LogP contribution in [0.2, 0.25) is 0 Å². The molecule has 1 aromatic heterocycles. The van der Waals surface area contributed by atoms with Crippen LogP contribution >= 0.6 is 27.3 Å². The molecule has 1 fully saturated rings. The molecule has 3 N–H and O–H groups in total. The molecule has 3 nitrogen and oxygen atoms in total. The molecule has 2 rings (SSSR count). The Labute approximate surface area is 108 Å². The number of halogens is 1. The Balaban J connectivity index is 2.00. The zero-order chi connectivity index (χ0) is 11.5. The van der Waals surface area contributed by atoms with E-state index < -0.39 is 0 Å². The van der Waals surface area contributed by atoms with Crippen LogP contribution in [0, 0.1) is 5.92 Å². The highest BCUT2D eigenvalue weighted by Gasteiger charge is 2.31. The lowest BCUT2D eigenvalue weighted by Crippen LogP contribution is -2.47. The average Bonchev–Trinajstić information content (AvgIpc) is 2.84. The number of ether oxygens (including phenoxy) is 1. The number of nitrogens with one attached hydrogen (secondary N) is 1. The molecule has 0 bridgehead atoms. The maximum atomic E-state index is 5.75. The van der Waals surface area contributed by atoms with Crippen LogP contribution in [0.3, 0.4) is 0 Å². The van der Waals surface area contributed by atoms with E-state index in [1.54, 1.807) is 11.3 Å². The number of rotatable bonds is 4. The summed E-state index contributed by atoms with van der Waals surface area (Å²) in [5.41, 5.74) is 2.90. The Bertz CT molecular complexity index is 344. The third kappa shape index (κ3) is 2.84. The molecule has 0 amide bonds. The van der Waals surface area contributed by atoms with Gasteiger partial charge < -0.3 is 4.74 Å². The molecular formula is C11H17BrN2OS. The summed E-state index contributed by atoms with van der Waals surface area (Å²) >= 11 is 5.22. The highest BCUT2D eigenvalue weighted by molar-refractivity contribution is 9.10. The molecule has 1 aliphatic rings. The standard InChI is InChI=1S/C11H17BrN2OS/c1-7-2-3-15-11(7)10(14-13)5-9-4-8(12)6-16-9/h4,6-7,10-11,14H,2-3,5,13H2,1H3. The monoisotopic (exact) mass is 304 g/mol. The van der Waals surface area contributed by atoms with Crippen molar-refractivity contribution in [1.29, 1.82) is 0 Å². The predicted molar refractivity (Wildman–Crippen MR) is 70.4 cm³/mol. The van der Waals surface area contributed by atoms with E-state index in [1.807, 2.05) is 0 Å². The fourth-order valence-electron chi connectivity index (χ4n) is 2.18. The summed E-state index contributed by atoms with van der Waals surface area (Å²) in [5.74, 6) is 6.22. The van der Waals surface area contributed by atoms with Crippen LogP contribution in [0.15, 0.2) is 15.9 Å². The Kier molecular flexibility index (Phi) is 4.38. The molecule has 0 aliphatic carbocycles. The zero-order valence-electron chi connectivity index (χ0n) is 9.28. The summed E-state index contributed by atoms with van der Waals surface area (Å²) in [6.45, 7) is 3.09. The molecule has 3 unspecified atom stereocenters. The average molecular weight is 305 g/mol. The van der Waals surface area contributed by atoms with E-state index >= 15 is 0 Å². The van der Waals surface area contributed by atoms with Crippen molar-refractivity contribution in [3.63, 3.8) is 0 Å². The van der Waals surface area contributed by atoms with Crippen LogP contribution < -0.4 is 11.3 Å². The van der Waals surface area contributed by atoms with Gasteiger partial charge in [-0.2, -0.15) is 0 Å². The Morgan fingerprint density at radius 2 is 2.56 bits per heavy atom. The normalized spacial score (nSPS) is 27.2. The van der Waals surface area contributed by atoms with Gasteiger partial charge in [0.05, 0.1) is 12.1 Å². The Morgan fingerprint density at radius 3 is 3.06 bits per heavy atom. The Hall–Kier alpha value is 0.0600. The van der Waals surface area contributed by atoms with Crippen molar-refractivity contribution < 1.29 is 4.74 Å². The fraction of sp³-hybridized carbons (Fsp3) is 0.636. The van der Waals surface area contributed by atoms with Crippen molar-refractivity contribution in [2.45, 2.75) is 31.9 Å². The number of hydrogen-bond donors (Lipinski definition) is 2. The zero-order valence-corrected chi connectivity index (χ0v) is 11.7. The molecule has 16 heavy (non-hydrogen) atoms. The van der Waals surface area contributed by atoms with Gasteiger partial charge in [-0.3, -0.25) is 11.3 Å². The van der Waals surface area contributed by atoms with Gasteiger partial charge in [-0.15, -0.1) is 11.3 Å². The van der Waals surface area contributed by atoms with Crippen molar-refractivity contribution in [3.05, 3.63) is 20.8 Å². The molecular weight excluding hydrogens is 288 g/mol. The summed E-state index contributed by atoms with van der Waals surface area (Å²) in [6.07, 6.45) is 2.31. The highest BCUT2D eigenvalue weighted by Crippen LogP contribution is 2.27. The van der Waals surface area contributed by atoms with Crippen molar-refractivity contribution in [2.24, 2.45) is 11.8 Å². The topological polar surface area (TPSA) is 47.3 Å². The lowest BCUT2D eigenvalue weighted by Gasteiger charge is -2.24. The third-order valence-electron chi connectivity index (χ3n) is 3.10. The maximum Gasteiger partial charge on any atom is 0.0771 e. The quantitative estimate of drug-likeness (QED) is 0.663. The van der Waals surface area contributed by atoms with Crippen molar-refractivity contribution in [2.75, 3.05) is 6.61 Å². The van der Waals surface area contributed by atoms with Gasteiger partial charge in [-0.1, -0.05) is 6.92 Å². The molecule has 1 aliphatic heterocycles. The lowest BCUT2D eigenvalue weighted by atomic mass is 9.95. The minimum absolute atomic E-state index is 0.211. The van der Waals surface area contributed by atoms with Gasteiger partial charge in [0.1, 0.15) is 0 Å². The number of hydrogen-bond acceptors (Lipinski definition) is 4. The summed E-state index contributed by atoms with van der Waals surface area (Å²) in [5, 5.41) is 2.10. The number of hydrazine groups is 1. The van der Waals surface area contributed by atoms with Crippen LogP contribution in [0.25, 0.3) is 0 Å². The first-order chi connectivity index (χ1) is 7.70. The van der Waals surface area contributed by atoms with Crippen LogP contribution in [0.4, 0.5) is 0 Å². The fourth-order valence-corrected chi connectivity index (χ4v) is 3.69. The van der Waals surface area contributed by atoms with Crippen LogP contribution in [-0.2, 0) is 11.2 Å². The van der Waals surface area contributed by atoms with Gasteiger partial charge >= 0.3 is 0 Å².